The van der Waals surface area contributed by atoms with Crippen LogP contribution < -0.4 is 0 Å². The van der Waals surface area contributed by atoms with Gasteiger partial charge in [0, 0.05) is 29.0 Å². The van der Waals surface area contributed by atoms with Crippen LogP contribution in [0.5, 0.6) is 0 Å². The van der Waals surface area contributed by atoms with Gasteiger partial charge in [-0.15, -0.1) is 0 Å². The summed E-state index contributed by atoms with van der Waals surface area (Å²) in [6, 6.07) is 9.19. The molecule has 0 bridgehead atoms. The maximum Gasteiger partial charge on any atom is 0.0297 e. The predicted octanol–water partition coefficient (Wildman–Crippen LogP) is 13.5. The molecule has 0 heterocycles. The first-order chi connectivity index (χ1) is 18.5. The average Bonchev–Trinajstić information content (AvgIpc) is 2.91. The van der Waals surface area contributed by atoms with Crippen LogP contribution in [0.1, 0.15) is 66.8 Å². The van der Waals surface area contributed by atoms with E-state index in [-0.39, 0.29) is 0 Å². The van der Waals surface area contributed by atoms with Crippen LogP contribution >= 0.6 is 63.7 Å². The highest BCUT2D eigenvalue weighted by molar-refractivity contribution is 9.11. The highest BCUT2D eigenvalue weighted by Crippen LogP contribution is 2.49. The van der Waals surface area contributed by atoms with E-state index in [0.717, 1.165) is 17.9 Å². The van der Waals surface area contributed by atoms with Crippen LogP contribution in [0.25, 0.3) is 22.3 Å². The van der Waals surface area contributed by atoms with Gasteiger partial charge in [-0.2, -0.15) is 0 Å². The minimum Gasteiger partial charge on any atom is -0.0512 e. The summed E-state index contributed by atoms with van der Waals surface area (Å²) < 4.78 is 4.58. The Morgan fingerprint density at radius 1 is 0.300 bits per heavy atom. The van der Waals surface area contributed by atoms with Gasteiger partial charge < -0.3 is 0 Å². The van der Waals surface area contributed by atoms with Crippen molar-refractivity contribution < 1.29 is 0 Å². The van der Waals surface area contributed by atoms with Gasteiger partial charge in [-0.05, 0) is 225 Å². The maximum absolute atomic E-state index is 3.82. The Balaban J connectivity index is 0.000000225. The molecule has 0 spiro atoms. The number of halogens is 4. The second-order valence-electron chi connectivity index (χ2n) is 11.2. The van der Waals surface area contributed by atoms with Crippen LogP contribution in [0.3, 0.4) is 0 Å². The van der Waals surface area contributed by atoms with E-state index >= 15 is 0 Å². The van der Waals surface area contributed by atoms with E-state index in [1.807, 2.05) is 0 Å². The summed E-state index contributed by atoms with van der Waals surface area (Å²) >= 11 is 15.3. The highest BCUT2D eigenvalue weighted by Gasteiger charge is 2.23. The summed E-state index contributed by atoms with van der Waals surface area (Å²) in [5.74, 6) is 0. The predicted molar refractivity (Wildman–Crippen MR) is 191 cm³/mol. The lowest BCUT2D eigenvalue weighted by molar-refractivity contribution is 1.21. The van der Waals surface area contributed by atoms with Crippen molar-refractivity contribution in [1.29, 1.82) is 0 Å². The van der Waals surface area contributed by atoms with E-state index in [1.165, 1.54) is 89.0 Å². The molecule has 4 rings (SSSR count). The van der Waals surface area contributed by atoms with Gasteiger partial charge in [-0.25, -0.2) is 0 Å². The summed E-state index contributed by atoms with van der Waals surface area (Å²) in [4.78, 5) is 0. The Bertz CT molecular complexity index is 1410. The Kier molecular flexibility index (Phi) is 10.8. The van der Waals surface area contributed by atoms with Crippen LogP contribution in [-0.4, -0.2) is 0 Å². The largest absolute Gasteiger partial charge is 0.0512 e. The monoisotopic (exact) mass is 788 g/mol. The van der Waals surface area contributed by atoms with Crippen molar-refractivity contribution in [2.24, 2.45) is 0 Å². The topological polar surface area (TPSA) is 0 Å². The third-order valence-corrected chi connectivity index (χ3v) is 12.8. The molecule has 0 atom stereocenters. The third-order valence-electron chi connectivity index (χ3n) is 8.88. The van der Waals surface area contributed by atoms with Crippen LogP contribution in [0, 0.1) is 83.1 Å². The number of hydrogen-bond donors (Lipinski definition) is 0. The first-order valence-electron chi connectivity index (χ1n) is 13.6. The second kappa shape index (κ2) is 13.0. The molecule has 4 aromatic rings. The summed E-state index contributed by atoms with van der Waals surface area (Å²) in [6.07, 6.45) is 0. The number of aryl methyl sites for hydroxylation is 4. The zero-order valence-electron chi connectivity index (χ0n) is 25.8. The first kappa shape index (κ1) is 33.3. The zero-order chi connectivity index (χ0) is 30.4. The molecular weight excluding hydrogens is 752 g/mol. The quantitative estimate of drug-likeness (QED) is 0.190. The fraction of sp³-hybridized carbons (Fsp3) is 0.333. The molecule has 0 aliphatic heterocycles. The molecule has 0 unspecified atom stereocenters. The molecule has 0 radical (unpaired) electrons. The van der Waals surface area contributed by atoms with Gasteiger partial charge >= 0.3 is 0 Å². The molecule has 4 heteroatoms. The molecular formula is C36H40Br4. The Morgan fingerprint density at radius 2 is 0.500 bits per heavy atom. The Labute approximate surface area is 275 Å². The van der Waals surface area contributed by atoms with Crippen LogP contribution in [-0.2, 0) is 0 Å². The van der Waals surface area contributed by atoms with Gasteiger partial charge in [-0.1, -0.05) is 24.3 Å². The number of rotatable bonds is 2. The van der Waals surface area contributed by atoms with Crippen molar-refractivity contribution in [3.63, 3.8) is 0 Å². The Hall–Kier alpha value is -1.20. The SMILES string of the molecule is Cc1c(C)c(Br)c(-c2c(Br)c(C)c(C)c(C)c2Br)c(Br)c1C.Cc1cc(-c2cc(C)c(C)c(C)c2)cc(C)c1C. The summed E-state index contributed by atoms with van der Waals surface area (Å²) in [5, 5.41) is 0. The number of benzene rings is 4. The lowest BCUT2D eigenvalue weighted by Crippen LogP contribution is -1.99. The van der Waals surface area contributed by atoms with Gasteiger partial charge in [0.2, 0.25) is 0 Å². The first-order valence-corrected chi connectivity index (χ1v) is 16.7. The van der Waals surface area contributed by atoms with E-state index in [0.29, 0.717) is 0 Å². The van der Waals surface area contributed by atoms with Crippen molar-refractivity contribution in [2.45, 2.75) is 83.1 Å². The van der Waals surface area contributed by atoms with E-state index < -0.39 is 0 Å². The van der Waals surface area contributed by atoms with Crippen LogP contribution in [0.15, 0.2) is 42.2 Å². The van der Waals surface area contributed by atoms with Gasteiger partial charge in [0.15, 0.2) is 0 Å². The highest BCUT2D eigenvalue weighted by atomic mass is 79.9. The zero-order valence-corrected chi connectivity index (χ0v) is 32.2. The Morgan fingerprint density at radius 3 is 0.700 bits per heavy atom. The average molecular weight is 792 g/mol. The van der Waals surface area contributed by atoms with E-state index in [1.54, 1.807) is 0 Å². The summed E-state index contributed by atoms with van der Waals surface area (Å²) in [6.45, 7) is 26.2. The molecule has 4 aromatic carbocycles. The molecule has 212 valence electrons. The second-order valence-corrected chi connectivity index (χ2v) is 14.4. The standard InChI is InChI=1S/C18H18Br4.C18H22/c1-7-9(3)15(19)13(16(20)10(7)4)14-17(21)11(5)8(2)12(6)18(14)22;1-11-7-17(8-12(2)15(11)5)18-9-13(3)16(6)14(4)10-18/h1-6H3;7-10H,1-6H3. The smallest absolute Gasteiger partial charge is 0.0297 e. The molecule has 0 aliphatic rings. The number of hydrogen-bond acceptors (Lipinski definition) is 0. The molecule has 40 heavy (non-hydrogen) atoms. The third kappa shape index (κ3) is 6.26. The molecule has 0 aliphatic carbocycles. The van der Waals surface area contributed by atoms with Crippen molar-refractivity contribution in [2.75, 3.05) is 0 Å². The minimum atomic E-state index is 1.14. The summed E-state index contributed by atoms with van der Waals surface area (Å²) in [7, 11) is 0. The van der Waals surface area contributed by atoms with Gasteiger partial charge in [0.05, 0.1) is 0 Å². The van der Waals surface area contributed by atoms with Crippen molar-refractivity contribution >= 4 is 63.7 Å². The molecule has 0 amide bonds. The van der Waals surface area contributed by atoms with Gasteiger partial charge in [0.25, 0.3) is 0 Å². The van der Waals surface area contributed by atoms with E-state index in [2.05, 4.69) is 171 Å². The molecule has 0 fully saturated rings. The van der Waals surface area contributed by atoms with Crippen molar-refractivity contribution in [3.05, 3.63) is 109 Å². The van der Waals surface area contributed by atoms with Crippen molar-refractivity contribution in [1.82, 2.24) is 0 Å². The molecule has 0 nitrogen and oxygen atoms in total. The fourth-order valence-corrected chi connectivity index (χ4v) is 8.31. The molecule has 0 N–H and O–H groups in total. The van der Waals surface area contributed by atoms with Gasteiger partial charge in [-0.3, -0.25) is 0 Å². The van der Waals surface area contributed by atoms with Crippen molar-refractivity contribution in [3.8, 4) is 22.3 Å². The molecule has 0 aromatic heterocycles. The van der Waals surface area contributed by atoms with Crippen LogP contribution in [0.2, 0.25) is 0 Å². The minimum absolute atomic E-state index is 1.14. The molecule has 0 saturated heterocycles. The maximum atomic E-state index is 3.82. The lowest BCUT2D eigenvalue weighted by atomic mass is 9.92. The van der Waals surface area contributed by atoms with Gasteiger partial charge in [0.1, 0.15) is 0 Å². The fourth-order valence-electron chi connectivity index (χ4n) is 5.01. The summed E-state index contributed by atoms with van der Waals surface area (Å²) in [5.41, 5.74) is 21.1. The van der Waals surface area contributed by atoms with E-state index in [4.69, 9.17) is 0 Å². The lowest BCUT2D eigenvalue weighted by Gasteiger charge is -2.22. The van der Waals surface area contributed by atoms with E-state index in [9.17, 15) is 0 Å². The molecule has 0 saturated carbocycles. The normalized spacial score (nSPS) is 11.0. The van der Waals surface area contributed by atoms with Crippen LogP contribution in [0.4, 0.5) is 0 Å².